The largest absolute Gasteiger partial charge is 0.422 e. The van der Waals surface area contributed by atoms with Crippen molar-refractivity contribution in [2.24, 2.45) is 16.6 Å². The van der Waals surface area contributed by atoms with E-state index in [1.54, 1.807) is 53.7 Å². The second-order valence-corrected chi connectivity index (χ2v) is 7.60. The van der Waals surface area contributed by atoms with Gasteiger partial charge in [-0.1, -0.05) is 6.07 Å². The number of benzene rings is 1. The summed E-state index contributed by atoms with van der Waals surface area (Å²) in [5.74, 6) is -0.302. The fourth-order valence-corrected chi connectivity index (χ4v) is 1.54. The second kappa shape index (κ2) is 7.13. The van der Waals surface area contributed by atoms with E-state index in [0.29, 0.717) is 13.0 Å². The van der Waals surface area contributed by atoms with Crippen molar-refractivity contribution in [1.82, 2.24) is 0 Å². The van der Waals surface area contributed by atoms with Gasteiger partial charge >= 0.3 is 11.9 Å². The number of nitrogens with two attached hydrogens (primary N) is 1. The maximum Gasteiger partial charge on any atom is 0.316 e. The fourth-order valence-electron chi connectivity index (χ4n) is 1.54. The summed E-state index contributed by atoms with van der Waals surface area (Å²) in [7, 11) is 0. The predicted octanol–water partition coefficient (Wildman–Crippen LogP) is 3.09. The number of hydrogen-bond acceptors (Lipinski definition) is 5. The molecule has 0 saturated carbocycles. The second-order valence-electron chi connectivity index (χ2n) is 7.60. The van der Waals surface area contributed by atoms with Crippen LogP contribution in [0.2, 0.25) is 0 Å². The van der Waals surface area contributed by atoms with Crippen LogP contribution in [0.5, 0.6) is 11.5 Å². The van der Waals surface area contributed by atoms with E-state index < -0.39 is 22.8 Å². The molecule has 0 aliphatic carbocycles. The van der Waals surface area contributed by atoms with Crippen LogP contribution in [0.3, 0.4) is 0 Å². The van der Waals surface area contributed by atoms with E-state index in [1.807, 2.05) is 6.07 Å². The van der Waals surface area contributed by atoms with Gasteiger partial charge in [0.2, 0.25) is 0 Å². The summed E-state index contributed by atoms with van der Waals surface area (Å²) >= 11 is 0. The number of hydrogen-bond donors (Lipinski definition) is 1. The molecule has 0 radical (unpaired) electrons. The highest BCUT2D eigenvalue weighted by molar-refractivity contribution is 5.81. The molecule has 128 valence electrons. The smallest absolute Gasteiger partial charge is 0.316 e. The minimum Gasteiger partial charge on any atom is -0.422 e. The van der Waals surface area contributed by atoms with Crippen LogP contribution in [0, 0.1) is 10.8 Å². The van der Waals surface area contributed by atoms with Crippen molar-refractivity contribution in [1.29, 1.82) is 0 Å². The Balaban J connectivity index is 3.14. The summed E-state index contributed by atoms with van der Waals surface area (Å²) in [6, 6.07) is 5.15. The highest BCUT2D eigenvalue weighted by Gasteiger charge is 2.28. The van der Waals surface area contributed by atoms with Gasteiger partial charge < -0.3 is 15.2 Å². The Labute approximate surface area is 138 Å². The zero-order chi connectivity index (χ0) is 17.8. The van der Waals surface area contributed by atoms with Crippen molar-refractivity contribution in [3.05, 3.63) is 23.8 Å². The van der Waals surface area contributed by atoms with Crippen molar-refractivity contribution in [3.63, 3.8) is 0 Å². The number of carbonyl (C=O) groups is 2. The lowest BCUT2D eigenvalue weighted by molar-refractivity contribution is -0.145. The summed E-state index contributed by atoms with van der Waals surface area (Å²) in [6.45, 7) is 11.1. The summed E-state index contributed by atoms with van der Waals surface area (Å²) in [6.07, 6.45) is 0.646. The van der Waals surface area contributed by atoms with E-state index in [9.17, 15) is 9.59 Å². The van der Waals surface area contributed by atoms with E-state index >= 15 is 0 Å². The number of esters is 2. The van der Waals surface area contributed by atoms with Crippen LogP contribution >= 0.6 is 0 Å². The number of ether oxygens (including phenoxy) is 2. The Morgan fingerprint density at radius 3 is 1.83 bits per heavy atom. The highest BCUT2D eigenvalue weighted by atomic mass is 16.6. The molecule has 0 unspecified atom stereocenters. The van der Waals surface area contributed by atoms with Crippen LogP contribution < -0.4 is 15.2 Å². The lowest BCUT2D eigenvalue weighted by atomic mass is 9.97. The normalized spacial score (nSPS) is 12.0. The third kappa shape index (κ3) is 5.67. The van der Waals surface area contributed by atoms with Gasteiger partial charge in [-0.15, -0.1) is 0 Å². The molecule has 0 amide bonds. The first kappa shape index (κ1) is 19.2. The van der Waals surface area contributed by atoms with Gasteiger partial charge in [0.1, 0.15) is 0 Å². The molecule has 0 atom stereocenters. The quantitative estimate of drug-likeness (QED) is 0.681. The van der Waals surface area contributed by atoms with Gasteiger partial charge in [0, 0.05) is 0 Å². The van der Waals surface area contributed by atoms with Crippen LogP contribution in [0.1, 0.15) is 47.1 Å². The molecule has 0 fully saturated rings. The van der Waals surface area contributed by atoms with Crippen LogP contribution in [0.4, 0.5) is 0 Å². The standard InChI is InChI=1S/C18H27NO4/c1-17(2,3)15(20)22-13-8-7-12(9-10-19)11-14(13)23-16(21)18(4,5)6/h7-8,11H,9-10,19H2,1-6H3. The Morgan fingerprint density at radius 2 is 1.39 bits per heavy atom. The van der Waals surface area contributed by atoms with E-state index in [0.717, 1.165) is 5.56 Å². The molecule has 2 N–H and O–H groups in total. The van der Waals surface area contributed by atoms with Crippen molar-refractivity contribution in [2.45, 2.75) is 48.0 Å². The predicted molar refractivity (Wildman–Crippen MR) is 89.4 cm³/mol. The molecule has 23 heavy (non-hydrogen) atoms. The van der Waals surface area contributed by atoms with E-state index in [1.165, 1.54) is 0 Å². The molecule has 0 aromatic heterocycles. The molecule has 5 nitrogen and oxygen atoms in total. The van der Waals surface area contributed by atoms with Crippen molar-refractivity contribution in [3.8, 4) is 11.5 Å². The Hall–Kier alpha value is -1.88. The first-order valence-electron chi connectivity index (χ1n) is 7.72. The molecule has 0 heterocycles. The molecular weight excluding hydrogens is 294 g/mol. The first-order chi connectivity index (χ1) is 10.4. The van der Waals surface area contributed by atoms with Gasteiger partial charge in [0.15, 0.2) is 11.5 Å². The third-order valence-electron chi connectivity index (χ3n) is 3.07. The Kier molecular flexibility index (Phi) is 5.94. The van der Waals surface area contributed by atoms with E-state index in [2.05, 4.69) is 0 Å². The van der Waals surface area contributed by atoms with Crippen LogP contribution in [0.25, 0.3) is 0 Å². The van der Waals surface area contributed by atoms with Crippen molar-refractivity contribution < 1.29 is 19.1 Å². The van der Waals surface area contributed by atoms with Crippen LogP contribution in [-0.2, 0) is 16.0 Å². The minimum atomic E-state index is -0.658. The van der Waals surface area contributed by atoms with Gasteiger partial charge in [-0.25, -0.2) is 0 Å². The molecule has 0 bridgehead atoms. The van der Waals surface area contributed by atoms with E-state index in [-0.39, 0.29) is 11.5 Å². The summed E-state index contributed by atoms with van der Waals surface area (Å²) in [5.41, 5.74) is 5.17. The zero-order valence-electron chi connectivity index (χ0n) is 14.9. The van der Waals surface area contributed by atoms with Crippen molar-refractivity contribution in [2.75, 3.05) is 6.54 Å². The molecule has 1 aromatic rings. The molecule has 0 spiro atoms. The number of rotatable bonds is 4. The van der Waals surface area contributed by atoms with Gasteiger partial charge in [0.25, 0.3) is 0 Å². The molecule has 1 rings (SSSR count). The van der Waals surface area contributed by atoms with Gasteiger partial charge in [-0.3, -0.25) is 9.59 Å². The van der Waals surface area contributed by atoms with Gasteiger partial charge in [-0.2, -0.15) is 0 Å². The summed E-state index contributed by atoms with van der Waals surface area (Å²) < 4.78 is 10.9. The van der Waals surface area contributed by atoms with E-state index in [4.69, 9.17) is 15.2 Å². The minimum absolute atomic E-state index is 0.239. The topological polar surface area (TPSA) is 78.6 Å². The first-order valence-corrected chi connectivity index (χ1v) is 7.72. The molecule has 0 aliphatic rings. The summed E-state index contributed by atoms with van der Waals surface area (Å²) in [5, 5.41) is 0. The third-order valence-corrected chi connectivity index (χ3v) is 3.07. The highest BCUT2D eigenvalue weighted by Crippen LogP contribution is 2.32. The SMILES string of the molecule is CC(C)(C)C(=O)Oc1ccc(CCN)cc1OC(=O)C(C)(C)C. The molecule has 1 aromatic carbocycles. The van der Waals surface area contributed by atoms with Gasteiger partial charge in [0.05, 0.1) is 10.8 Å². The molecule has 0 aliphatic heterocycles. The average Bonchev–Trinajstić information content (AvgIpc) is 2.39. The molecule has 0 saturated heterocycles. The molecular formula is C18H27NO4. The lowest BCUT2D eigenvalue weighted by Gasteiger charge is -2.20. The van der Waals surface area contributed by atoms with Gasteiger partial charge in [-0.05, 0) is 72.2 Å². The Morgan fingerprint density at radius 1 is 0.913 bits per heavy atom. The molecule has 5 heteroatoms. The number of carbonyl (C=O) groups excluding carboxylic acids is 2. The lowest BCUT2D eigenvalue weighted by Crippen LogP contribution is -2.28. The summed E-state index contributed by atoms with van der Waals surface area (Å²) in [4.78, 5) is 24.2. The average molecular weight is 321 g/mol. The zero-order valence-corrected chi connectivity index (χ0v) is 14.9. The Bertz CT molecular complexity index is 580. The van der Waals surface area contributed by atoms with Crippen molar-refractivity contribution >= 4 is 11.9 Å². The maximum atomic E-state index is 12.2. The fraction of sp³-hybridized carbons (Fsp3) is 0.556. The van der Waals surface area contributed by atoms with Crippen LogP contribution in [-0.4, -0.2) is 18.5 Å². The maximum absolute atomic E-state index is 12.2. The van der Waals surface area contributed by atoms with Crippen LogP contribution in [0.15, 0.2) is 18.2 Å². The monoisotopic (exact) mass is 321 g/mol.